The van der Waals surface area contributed by atoms with E-state index in [0.717, 1.165) is 19.5 Å². The molecule has 2 aliphatic rings. The summed E-state index contributed by atoms with van der Waals surface area (Å²) in [7, 11) is 0. The van der Waals surface area contributed by atoms with Crippen molar-refractivity contribution in [1.29, 1.82) is 0 Å². The van der Waals surface area contributed by atoms with Crippen LogP contribution in [0, 0.1) is 0 Å². The zero-order valence-electron chi connectivity index (χ0n) is 8.95. The summed E-state index contributed by atoms with van der Waals surface area (Å²) in [6.07, 6.45) is 2.33. The van der Waals surface area contributed by atoms with Gasteiger partial charge in [-0.2, -0.15) is 0 Å². The Bertz CT molecular complexity index is 274. The standard InChI is InChI=1S/C10H17N3O2/c1-7-10(15)12-9(14)6-13(7)5-8-3-2-4-11-8/h7-8,11H,2-6H2,1H3,(H,12,14,15)/t7?,8-/m1/s1. The summed E-state index contributed by atoms with van der Waals surface area (Å²) in [5, 5.41) is 5.71. The second-order valence-electron chi connectivity index (χ2n) is 4.31. The fraction of sp³-hybridized carbons (Fsp3) is 0.800. The van der Waals surface area contributed by atoms with Gasteiger partial charge in [-0.1, -0.05) is 0 Å². The average molecular weight is 211 g/mol. The Kier molecular flexibility index (Phi) is 3.02. The van der Waals surface area contributed by atoms with Gasteiger partial charge in [0, 0.05) is 12.6 Å². The molecule has 0 radical (unpaired) electrons. The molecule has 2 heterocycles. The molecule has 0 aromatic heterocycles. The molecule has 2 aliphatic heterocycles. The Morgan fingerprint density at radius 2 is 2.27 bits per heavy atom. The fourth-order valence-corrected chi connectivity index (χ4v) is 2.19. The predicted molar refractivity (Wildman–Crippen MR) is 55.2 cm³/mol. The van der Waals surface area contributed by atoms with E-state index in [0.29, 0.717) is 12.6 Å². The molecule has 0 aromatic carbocycles. The van der Waals surface area contributed by atoms with Crippen molar-refractivity contribution < 1.29 is 9.59 Å². The lowest BCUT2D eigenvalue weighted by Crippen LogP contribution is -2.58. The van der Waals surface area contributed by atoms with Crippen molar-refractivity contribution in [2.24, 2.45) is 0 Å². The summed E-state index contributed by atoms with van der Waals surface area (Å²) < 4.78 is 0. The number of imide groups is 1. The Hall–Kier alpha value is -0.940. The summed E-state index contributed by atoms with van der Waals surface area (Å²) in [5.74, 6) is -0.361. The molecule has 5 heteroatoms. The lowest BCUT2D eigenvalue weighted by Gasteiger charge is -2.33. The SMILES string of the molecule is CC1C(=O)NC(=O)CN1C[C@H]1CCCN1. The molecule has 0 bridgehead atoms. The monoisotopic (exact) mass is 211 g/mol. The molecule has 2 atom stereocenters. The van der Waals surface area contributed by atoms with E-state index < -0.39 is 0 Å². The maximum atomic E-state index is 11.4. The van der Waals surface area contributed by atoms with Crippen molar-refractivity contribution in [3.05, 3.63) is 0 Å². The van der Waals surface area contributed by atoms with Crippen LogP contribution in [0.1, 0.15) is 19.8 Å². The van der Waals surface area contributed by atoms with Gasteiger partial charge in [-0.05, 0) is 26.3 Å². The molecule has 0 aromatic rings. The van der Waals surface area contributed by atoms with Crippen LogP contribution in [0.4, 0.5) is 0 Å². The normalized spacial score (nSPS) is 33.1. The molecule has 1 unspecified atom stereocenters. The van der Waals surface area contributed by atoms with Gasteiger partial charge in [0.05, 0.1) is 12.6 Å². The second kappa shape index (κ2) is 4.28. The van der Waals surface area contributed by atoms with Crippen LogP contribution in [0.15, 0.2) is 0 Å². The number of carbonyl (C=O) groups excluding carboxylic acids is 2. The van der Waals surface area contributed by atoms with Gasteiger partial charge in [0.2, 0.25) is 11.8 Å². The highest BCUT2D eigenvalue weighted by Crippen LogP contribution is 2.11. The molecule has 0 aliphatic carbocycles. The number of rotatable bonds is 2. The predicted octanol–water partition coefficient (Wildman–Crippen LogP) is -0.915. The van der Waals surface area contributed by atoms with E-state index >= 15 is 0 Å². The van der Waals surface area contributed by atoms with Crippen LogP contribution in [0.2, 0.25) is 0 Å². The smallest absolute Gasteiger partial charge is 0.243 e. The molecule has 2 N–H and O–H groups in total. The second-order valence-corrected chi connectivity index (χ2v) is 4.31. The molecule has 5 nitrogen and oxygen atoms in total. The molecule has 15 heavy (non-hydrogen) atoms. The first-order chi connectivity index (χ1) is 7.16. The van der Waals surface area contributed by atoms with Gasteiger partial charge >= 0.3 is 0 Å². The van der Waals surface area contributed by atoms with Crippen LogP contribution in [0.3, 0.4) is 0 Å². The third-order valence-electron chi connectivity index (χ3n) is 3.15. The molecule has 0 spiro atoms. The van der Waals surface area contributed by atoms with Crippen LogP contribution in [-0.2, 0) is 9.59 Å². The highest BCUT2D eigenvalue weighted by Gasteiger charge is 2.31. The molecule has 2 saturated heterocycles. The van der Waals surface area contributed by atoms with Crippen molar-refractivity contribution >= 4 is 11.8 Å². The quantitative estimate of drug-likeness (QED) is 0.580. The number of hydrogen-bond acceptors (Lipinski definition) is 4. The third-order valence-corrected chi connectivity index (χ3v) is 3.15. The molecule has 84 valence electrons. The lowest BCUT2D eigenvalue weighted by molar-refractivity contribution is -0.139. The van der Waals surface area contributed by atoms with Crippen LogP contribution in [0.5, 0.6) is 0 Å². The fourth-order valence-electron chi connectivity index (χ4n) is 2.19. The van der Waals surface area contributed by atoms with Gasteiger partial charge in [-0.3, -0.25) is 19.8 Å². The van der Waals surface area contributed by atoms with Gasteiger partial charge < -0.3 is 5.32 Å². The maximum Gasteiger partial charge on any atom is 0.243 e. The van der Waals surface area contributed by atoms with Crippen molar-refractivity contribution in [2.75, 3.05) is 19.6 Å². The van der Waals surface area contributed by atoms with Crippen molar-refractivity contribution in [1.82, 2.24) is 15.5 Å². The van der Waals surface area contributed by atoms with Crippen LogP contribution < -0.4 is 10.6 Å². The number of nitrogens with one attached hydrogen (secondary N) is 2. The van der Waals surface area contributed by atoms with Crippen molar-refractivity contribution in [3.8, 4) is 0 Å². The van der Waals surface area contributed by atoms with Crippen molar-refractivity contribution in [3.63, 3.8) is 0 Å². The van der Waals surface area contributed by atoms with E-state index in [1.54, 1.807) is 0 Å². The highest BCUT2D eigenvalue weighted by atomic mass is 16.2. The number of amides is 2. The first-order valence-corrected chi connectivity index (χ1v) is 5.48. The molecule has 2 rings (SSSR count). The molecule has 2 amide bonds. The number of nitrogens with zero attached hydrogens (tertiary/aromatic N) is 1. The minimum Gasteiger partial charge on any atom is -0.313 e. The summed E-state index contributed by atoms with van der Waals surface area (Å²) in [5.41, 5.74) is 0. The average Bonchev–Trinajstić information content (AvgIpc) is 2.66. The minimum absolute atomic E-state index is 0.177. The zero-order chi connectivity index (χ0) is 10.8. The Morgan fingerprint density at radius 1 is 1.47 bits per heavy atom. The van der Waals surface area contributed by atoms with Gasteiger partial charge in [-0.15, -0.1) is 0 Å². The van der Waals surface area contributed by atoms with E-state index in [1.807, 2.05) is 11.8 Å². The summed E-state index contributed by atoms with van der Waals surface area (Å²) in [6.45, 7) is 4.02. The number of carbonyl (C=O) groups is 2. The van der Waals surface area contributed by atoms with E-state index in [4.69, 9.17) is 0 Å². The van der Waals surface area contributed by atoms with E-state index in [9.17, 15) is 9.59 Å². The summed E-state index contributed by atoms with van der Waals surface area (Å²) >= 11 is 0. The van der Waals surface area contributed by atoms with Crippen molar-refractivity contribution in [2.45, 2.75) is 31.8 Å². The maximum absolute atomic E-state index is 11.4. The highest BCUT2D eigenvalue weighted by molar-refractivity contribution is 6.00. The molecule has 0 saturated carbocycles. The molecular weight excluding hydrogens is 194 g/mol. The van der Waals surface area contributed by atoms with Gasteiger partial charge in [0.25, 0.3) is 0 Å². The number of hydrogen-bond donors (Lipinski definition) is 2. The van der Waals surface area contributed by atoms with Crippen LogP contribution in [-0.4, -0.2) is 48.4 Å². The largest absolute Gasteiger partial charge is 0.313 e. The summed E-state index contributed by atoms with van der Waals surface area (Å²) in [6, 6.07) is 0.247. The first kappa shape index (κ1) is 10.6. The van der Waals surface area contributed by atoms with E-state index in [2.05, 4.69) is 10.6 Å². The Morgan fingerprint density at radius 3 is 2.93 bits per heavy atom. The third kappa shape index (κ3) is 2.35. The lowest BCUT2D eigenvalue weighted by atomic mass is 10.1. The first-order valence-electron chi connectivity index (χ1n) is 5.48. The number of piperazine rings is 1. The zero-order valence-corrected chi connectivity index (χ0v) is 8.95. The molecular formula is C10H17N3O2. The Labute approximate surface area is 89.2 Å². The van der Waals surface area contributed by atoms with Crippen LogP contribution >= 0.6 is 0 Å². The Balaban J connectivity index is 1.94. The minimum atomic E-state index is -0.190. The van der Waals surface area contributed by atoms with Crippen LogP contribution in [0.25, 0.3) is 0 Å². The molecule has 2 fully saturated rings. The topological polar surface area (TPSA) is 61.4 Å². The van der Waals surface area contributed by atoms with E-state index in [-0.39, 0.29) is 17.9 Å². The van der Waals surface area contributed by atoms with Gasteiger partial charge in [-0.25, -0.2) is 0 Å². The van der Waals surface area contributed by atoms with Gasteiger partial charge in [0.1, 0.15) is 0 Å². The van der Waals surface area contributed by atoms with Gasteiger partial charge in [0.15, 0.2) is 0 Å². The summed E-state index contributed by atoms with van der Waals surface area (Å²) in [4.78, 5) is 24.6. The van der Waals surface area contributed by atoms with E-state index in [1.165, 1.54) is 6.42 Å².